The van der Waals surface area contributed by atoms with Crippen LogP contribution in [0.5, 0.6) is 0 Å². The van der Waals surface area contributed by atoms with Crippen molar-refractivity contribution in [2.24, 2.45) is 0 Å². The van der Waals surface area contributed by atoms with Gasteiger partial charge in [-0.1, -0.05) is 11.6 Å². The summed E-state index contributed by atoms with van der Waals surface area (Å²) in [4.78, 5) is 0. The van der Waals surface area contributed by atoms with Crippen molar-refractivity contribution in [1.82, 2.24) is 5.32 Å². The number of nitrogens with one attached hydrogen (secondary N) is 2. The van der Waals surface area contributed by atoms with E-state index in [0.29, 0.717) is 16.6 Å². The zero-order valence-electron chi connectivity index (χ0n) is 8.84. The summed E-state index contributed by atoms with van der Waals surface area (Å²) < 4.78 is 0. The Balaban J connectivity index is 2.73. The molecule has 0 bridgehead atoms. The average molecular weight is 224 g/mol. The third-order valence-electron chi connectivity index (χ3n) is 2.19. The standard InChI is InChI=1S/C11H14ClN3/c1-8(14-2)7-15-11-4-3-10(12)5-9(11)6-13/h3-5,8,14-15H,7H2,1-2H3. The van der Waals surface area contributed by atoms with Gasteiger partial charge in [-0.15, -0.1) is 0 Å². The molecule has 4 heteroatoms. The van der Waals surface area contributed by atoms with Crippen LogP contribution in [0.25, 0.3) is 0 Å². The quantitative estimate of drug-likeness (QED) is 0.823. The lowest BCUT2D eigenvalue weighted by molar-refractivity contribution is 0.638. The van der Waals surface area contributed by atoms with Crippen LogP contribution < -0.4 is 10.6 Å². The van der Waals surface area contributed by atoms with Crippen LogP contribution in [0.15, 0.2) is 18.2 Å². The van der Waals surface area contributed by atoms with Crippen molar-refractivity contribution in [2.45, 2.75) is 13.0 Å². The van der Waals surface area contributed by atoms with E-state index >= 15 is 0 Å². The van der Waals surface area contributed by atoms with Gasteiger partial charge in [-0.2, -0.15) is 5.26 Å². The van der Waals surface area contributed by atoms with E-state index < -0.39 is 0 Å². The smallest absolute Gasteiger partial charge is 0.101 e. The summed E-state index contributed by atoms with van der Waals surface area (Å²) in [5, 5.41) is 15.8. The molecule has 0 heterocycles. The van der Waals surface area contributed by atoms with Gasteiger partial charge in [0.2, 0.25) is 0 Å². The van der Waals surface area contributed by atoms with Crippen LogP contribution >= 0.6 is 11.6 Å². The highest BCUT2D eigenvalue weighted by Gasteiger charge is 2.03. The number of hydrogen-bond acceptors (Lipinski definition) is 3. The first-order valence-electron chi connectivity index (χ1n) is 4.78. The van der Waals surface area contributed by atoms with Gasteiger partial charge in [0.15, 0.2) is 0 Å². The second-order valence-corrected chi connectivity index (χ2v) is 3.81. The van der Waals surface area contributed by atoms with Crippen molar-refractivity contribution >= 4 is 17.3 Å². The third kappa shape index (κ3) is 3.43. The third-order valence-corrected chi connectivity index (χ3v) is 2.43. The monoisotopic (exact) mass is 223 g/mol. The Morgan fingerprint density at radius 3 is 2.87 bits per heavy atom. The zero-order valence-corrected chi connectivity index (χ0v) is 9.60. The van der Waals surface area contributed by atoms with Gasteiger partial charge in [0.1, 0.15) is 6.07 Å². The van der Waals surface area contributed by atoms with Gasteiger partial charge in [-0.3, -0.25) is 0 Å². The molecule has 1 aromatic carbocycles. The maximum atomic E-state index is 8.90. The molecule has 0 amide bonds. The summed E-state index contributed by atoms with van der Waals surface area (Å²) in [6, 6.07) is 7.72. The van der Waals surface area contributed by atoms with E-state index in [9.17, 15) is 0 Å². The maximum Gasteiger partial charge on any atom is 0.101 e. The molecule has 0 aliphatic carbocycles. The van der Waals surface area contributed by atoms with E-state index in [1.54, 1.807) is 12.1 Å². The molecule has 3 nitrogen and oxygen atoms in total. The molecule has 0 aliphatic rings. The Bertz CT molecular complexity index is 371. The Labute approximate surface area is 95.1 Å². The number of benzene rings is 1. The maximum absolute atomic E-state index is 8.90. The number of nitrogens with zero attached hydrogens (tertiary/aromatic N) is 1. The van der Waals surface area contributed by atoms with Crippen molar-refractivity contribution < 1.29 is 0 Å². The molecule has 0 saturated carbocycles. The van der Waals surface area contributed by atoms with Gasteiger partial charge >= 0.3 is 0 Å². The van der Waals surface area contributed by atoms with E-state index in [1.165, 1.54) is 0 Å². The molecule has 0 aromatic heterocycles. The second-order valence-electron chi connectivity index (χ2n) is 3.37. The van der Waals surface area contributed by atoms with Crippen LogP contribution in [0.2, 0.25) is 5.02 Å². The summed E-state index contributed by atoms with van der Waals surface area (Å²) in [6.07, 6.45) is 0. The largest absolute Gasteiger partial charge is 0.382 e. The lowest BCUT2D eigenvalue weighted by atomic mass is 10.2. The molecule has 2 N–H and O–H groups in total. The van der Waals surface area contributed by atoms with Crippen LogP contribution in [-0.4, -0.2) is 19.6 Å². The number of hydrogen-bond donors (Lipinski definition) is 2. The average Bonchev–Trinajstić information content (AvgIpc) is 2.26. The molecule has 1 unspecified atom stereocenters. The first-order valence-corrected chi connectivity index (χ1v) is 5.16. The molecule has 1 aromatic rings. The summed E-state index contributed by atoms with van der Waals surface area (Å²) in [5.74, 6) is 0. The molecule has 0 aliphatic heterocycles. The van der Waals surface area contributed by atoms with Crippen LogP contribution in [0.3, 0.4) is 0 Å². The fourth-order valence-electron chi connectivity index (χ4n) is 1.13. The van der Waals surface area contributed by atoms with Gasteiger partial charge in [-0.25, -0.2) is 0 Å². The predicted molar refractivity (Wildman–Crippen MR) is 63.2 cm³/mol. The Morgan fingerprint density at radius 2 is 2.27 bits per heavy atom. The molecule has 80 valence electrons. The Morgan fingerprint density at radius 1 is 1.53 bits per heavy atom. The molecular weight excluding hydrogens is 210 g/mol. The number of likely N-dealkylation sites (N-methyl/N-ethyl adjacent to an activating group) is 1. The lowest BCUT2D eigenvalue weighted by Crippen LogP contribution is -2.29. The van der Waals surface area contributed by atoms with Gasteiger partial charge in [0.05, 0.1) is 11.3 Å². The summed E-state index contributed by atoms with van der Waals surface area (Å²) in [6.45, 7) is 2.84. The summed E-state index contributed by atoms with van der Waals surface area (Å²) in [7, 11) is 1.90. The summed E-state index contributed by atoms with van der Waals surface area (Å²) in [5.41, 5.74) is 1.40. The SMILES string of the molecule is CNC(C)CNc1ccc(Cl)cc1C#N. The highest BCUT2D eigenvalue weighted by Crippen LogP contribution is 2.19. The number of halogens is 1. The van der Waals surface area contributed by atoms with Crippen LogP contribution in [0.1, 0.15) is 12.5 Å². The van der Waals surface area contributed by atoms with E-state index in [-0.39, 0.29) is 0 Å². The predicted octanol–water partition coefficient (Wildman–Crippen LogP) is 2.23. The fourth-order valence-corrected chi connectivity index (χ4v) is 1.30. The van der Waals surface area contributed by atoms with E-state index in [0.717, 1.165) is 12.2 Å². The second kappa shape index (κ2) is 5.59. The molecule has 1 rings (SSSR count). The van der Waals surface area contributed by atoms with E-state index in [1.807, 2.05) is 13.1 Å². The minimum atomic E-state index is 0.354. The van der Waals surface area contributed by atoms with Gasteiger partial charge in [-0.05, 0) is 32.2 Å². The molecule has 0 radical (unpaired) electrons. The summed E-state index contributed by atoms with van der Waals surface area (Å²) >= 11 is 5.79. The first-order chi connectivity index (χ1) is 7.17. The molecule has 1 atom stereocenters. The van der Waals surface area contributed by atoms with Gasteiger partial charge in [0.25, 0.3) is 0 Å². The fraction of sp³-hybridized carbons (Fsp3) is 0.364. The Kier molecular flexibility index (Phi) is 4.41. The zero-order chi connectivity index (χ0) is 11.3. The molecule has 15 heavy (non-hydrogen) atoms. The normalized spacial score (nSPS) is 11.9. The van der Waals surface area contributed by atoms with Crippen molar-refractivity contribution in [1.29, 1.82) is 5.26 Å². The Hall–Kier alpha value is -1.24. The highest BCUT2D eigenvalue weighted by molar-refractivity contribution is 6.30. The first kappa shape index (κ1) is 11.8. The minimum Gasteiger partial charge on any atom is -0.382 e. The van der Waals surface area contributed by atoms with E-state index in [2.05, 4.69) is 23.6 Å². The van der Waals surface area contributed by atoms with Gasteiger partial charge in [0, 0.05) is 17.6 Å². The van der Waals surface area contributed by atoms with Gasteiger partial charge < -0.3 is 10.6 Å². The van der Waals surface area contributed by atoms with Crippen molar-refractivity contribution in [2.75, 3.05) is 18.9 Å². The van der Waals surface area contributed by atoms with E-state index in [4.69, 9.17) is 16.9 Å². The van der Waals surface area contributed by atoms with Crippen LogP contribution in [0.4, 0.5) is 5.69 Å². The van der Waals surface area contributed by atoms with Crippen LogP contribution in [0, 0.1) is 11.3 Å². The van der Waals surface area contributed by atoms with Crippen molar-refractivity contribution in [3.05, 3.63) is 28.8 Å². The van der Waals surface area contributed by atoms with Crippen LogP contribution in [-0.2, 0) is 0 Å². The minimum absolute atomic E-state index is 0.354. The molecule has 0 saturated heterocycles. The molecule has 0 spiro atoms. The molecular formula is C11H14ClN3. The number of anilines is 1. The van der Waals surface area contributed by atoms with Crippen molar-refractivity contribution in [3.63, 3.8) is 0 Å². The molecule has 0 fully saturated rings. The lowest BCUT2D eigenvalue weighted by Gasteiger charge is -2.13. The number of rotatable bonds is 4. The highest BCUT2D eigenvalue weighted by atomic mass is 35.5. The topological polar surface area (TPSA) is 47.8 Å². The van der Waals surface area contributed by atoms with Crippen molar-refractivity contribution in [3.8, 4) is 6.07 Å². The number of nitriles is 1.